The predicted octanol–water partition coefficient (Wildman–Crippen LogP) is 3.01. The van der Waals surface area contributed by atoms with Crippen LogP contribution in [0, 0.1) is 0 Å². The lowest BCUT2D eigenvalue weighted by atomic mass is 10.0. The van der Waals surface area contributed by atoms with Crippen molar-refractivity contribution in [2.45, 2.75) is 31.7 Å². The number of carbonyl (C=O) groups excluding carboxylic acids is 1. The molecule has 0 radical (unpaired) electrons. The van der Waals surface area contributed by atoms with Crippen LogP contribution in [0.2, 0.25) is 0 Å². The third-order valence-corrected chi connectivity index (χ3v) is 2.66. The second kappa shape index (κ2) is 4.32. The van der Waals surface area contributed by atoms with Gasteiger partial charge in [0.15, 0.2) is 0 Å². The molecule has 102 valence electrons. The van der Waals surface area contributed by atoms with Crippen LogP contribution in [0.1, 0.15) is 29.8 Å². The highest BCUT2D eigenvalue weighted by Crippen LogP contribution is 2.52. The summed E-state index contributed by atoms with van der Waals surface area (Å²) < 4.78 is 38.2. The van der Waals surface area contributed by atoms with Crippen LogP contribution in [-0.4, -0.2) is 18.1 Å². The van der Waals surface area contributed by atoms with E-state index in [1.807, 2.05) is 0 Å². The van der Waals surface area contributed by atoms with Crippen LogP contribution < -0.4 is 5.32 Å². The second-order valence-electron chi connectivity index (χ2n) is 4.58. The van der Waals surface area contributed by atoms with Crippen molar-refractivity contribution in [2.24, 2.45) is 10.2 Å². The Kier molecular flexibility index (Phi) is 3.07. The monoisotopic (exact) mass is 271 g/mol. The topological polar surface area (TPSA) is 53.8 Å². The Labute approximate surface area is 107 Å². The summed E-state index contributed by atoms with van der Waals surface area (Å²) in [6.45, 7) is 3.60. The first-order valence-electron chi connectivity index (χ1n) is 5.68. The summed E-state index contributed by atoms with van der Waals surface area (Å²) in [7, 11) is 0. The van der Waals surface area contributed by atoms with Crippen molar-refractivity contribution >= 4 is 5.91 Å². The van der Waals surface area contributed by atoms with Crippen molar-refractivity contribution in [3.63, 3.8) is 0 Å². The number of alkyl halides is 3. The average Bonchev–Trinajstić information content (AvgIpc) is 3.08. The maximum Gasteiger partial charge on any atom is 0.442 e. The summed E-state index contributed by atoms with van der Waals surface area (Å²) in [5.41, 5.74) is -2.21. The predicted molar refractivity (Wildman–Crippen MR) is 61.6 cm³/mol. The zero-order valence-electron chi connectivity index (χ0n) is 10.3. The minimum absolute atomic E-state index is 0.0397. The lowest BCUT2D eigenvalue weighted by molar-refractivity contribution is -0.166. The molecule has 7 heteroatoms. The molecule has 0 bridgehead atoms. The third-order valence-electron chi connectivity index (χ3n) is 2.66. The molecule has 1 aliphatic rings. The highest BCUT2D eigenvalue weighted by molar-refractivity contribution is 5.94. The molecule has 4 nitrogen and oxygen atoms in total. The Morgan fingerprint density at radius 3 is 2.11 bits per heavy atom. The zero-order valence-corrected chi connectivity index (χ0v) is 10.3. The van der Waals surface area contributed by atoms with Gasteiger partial charge in [0, 0.05) is 17.2 Å². The average molecular weight is 271 g/mol. The van der Waals surface area contributed by atoms with Crippen molar-refractivity contribution in [1.29, 1.82) is 0 Å². The molecule has 1 aromatic rings. The fourth-order valence-electron chi connectivity index (χ4n) is 1.64. The highest BCUT2D eigenvalue weighted by Gasteiger charge is 2.65. The fraction of sp³-hybridized carbons (Fsp3) is 0.417. The molecule has 0 spiro atoms. The van der Waals surface area contributed by atoms with Gasteiger partial charge in [0.2, 0.25) is 0 Å². The number of nitrogens with zero attached hydrogens (tertiary/aromatic N) is 2. The van der Waals surface area contributed by atoms with E-state index >= 15 is 0 Å². The molecular formula is C12H12F3N3O. The van der Waals surface area contributed by atoms with E-state index < -0.39 is 11.8 Å². The maximum absolute atomic E-state index is 12.7. The number of carbonyl (C=O) groups is 1. The van der Waals surface area contributed by atoms with Crippen molar-refractivity contribution in [1.82, 2.24) is 5.32 Å². The van der Waals surface area contributed by atoms with Crippen LogP contribution in [-0.2, 0) is 5.66 Å². The minimum atomic E-state index is -4.55. The van der Waals surface area contributed by atoms with E-state index in [0.717, 1.165) is 0 Å². The number of halogens is 3. The van der Waals surface area contributed by atoms with Gasteiger partial charge in [-0.1, -0.05) is 12.1 Å². The van der Waals surface area contributed by atoms with E-state index in [1.165, 1.54) is 24.3 Å². The van der Waals surface area contributed by atoms with E-state index in [9.17, 15) is 18.0 Å². The second-order valence-corrected chi connectivity index (χ2v) is 4.58. The van der Waals surface area contributed by atoms with Crippen LogP contribution in [0.25, 0.3) is 0 Å². The first-order valence-corrected chi connectivity index (χ1v) is 5.68. The van der Waals surface area contributed by atoms with Crippen molar-refractivity contribution in [2.75, 3.05) is 0 Å². The molecule has 19 heavy (non-hydrogen) atoms. The normalized spacial score (nSPS) is 16.5. The first kappa shape index (κ1) is 13.5. The molecule has 1 N–H and O–H groups in total. The zero-order chi connectivity index (χ0) is 14.3. The number of amides is 1. The summed E-state index contributed by atoms with van der Waals surface area (Å²) in [4.78, 5) is 11.6. The number of hydrogen-bond acceptors (Lipinski definition) is 3. The molecule has 0 unspecified atom stereocenters. The van der Waals surface area contributed by atoms with Gasteiger partial charge in [-0.15, -0.1) is 10.2 Å². The summed E-state index contributed by atoms with van der Waals surface area (Å²) in [6.07, 6.45) is -4.55. The largest absolute Gasteiger partial charge is 0.442 e. The molecule has 1 aromatic carbocycles. The van der Waals surface area contributed by atoms with Gasteiger partial charge in [-0.2, -0.15) is 13.2 Å². The Bertz CT molecular complexity index is 514. The summed E-state index contributed by atoms with van der Waals surface area (Å²) in [5.74, 6) is -0.327. The van der Waals surface area contributed by atoms with Gasteiger partial charge in [-0.05, 0) is 26.0 Å². The maximum atomic E-state index is 12.7. The Morgan fingerprint density at radius 1 is 1.21 bits per heavy atom. The van der Waals surface area contributed by atoms with E-state index in [-0.39, 0.29) is 17.5 Å². The molecular weight excluding hydrogens is 259 g/mol. The van der Waals surface area contributed by atoms with E-state index in [1.54, 1.807) is 13.8 Å². The molecule has 0 saturated carbocycles. The first-order chi connectivity index (χ1) is 8.76. The van der Waals surface area contributed by atoms with E-state index in [4.69, 9.17) is 0 Å². The Balaban J connectivity index is 2.18. The lowest BCUT2D eigenvalue weighted by Crippen LogP contribution is -2.31. The standard InChI is InChI=1S/C12H12F3N3O/c1-7(2)16-10(19)8-3-5-9(6-4-8)11(17-18-11)12(13,14)15/h3-7H,1-2H3,(H,16,19). The van der Waals surface area contributed by atoms with E-state index in [0.29, 0.717) is 5.56 Å². The molecule has 0 fully saturated rings. The molecule has 0 saturated heterocycles. The molecule has 0 aromatic heterocycles. The number of benzene rings is 1. The van der Waals surface area contributed by atoms with Crippen LogP contribution >= 0.6 is 0 Å². The van der Waals surface area contributed by atoms with Crippen molar-refractivity contribution < 1.29 is 18.0 Å². The van der Waals surface area contributed by atoms with Gasteiger partial charge in [-0.25, -0.2) is 0 Å². The van der Waals surface area contributed by atoms with Gasteiger partial charge in [-0.3, -0.25) is 4.79 Å². The van der Waals surface area contributed by atoms with E-state index in [2.05, 4.69) is 15.5 Å². The van der Waals surface area contributed by atoms with Crippen LogP contribution in [0.4, 0.5) is 13.2 Å². The van der Waals surface area contributed by atoms with Gasteiger partial charge in [0.1, 0.15) is 0 Å². The fourth-order valence-corrected chi connectivity index (χ4v) is 1.64. The number of hydrogen-bond donors (Lipinski definition) is 1. The Hall–Kier alpha value is -1.92. The summed E-state index contributed by atoms with van der Waals surface area (Å²) in [5, 5.41) is 8.85. The van der Waals surface area contributed by atoms with Gasteiger partial charge >= 0.3 is 11.8 Å². The third kappa shape index (κ3) is 2.45. The molecule has 1 heterocycles. The molecule has 2 rings (SSSR count). The molecule has 0 aliphatic carbocycles. The number of rotatable bonds is 3. The smallest absolute Gasteiger partial charge is 0.350 e. The summed E-state index contributed by atoms with van der Waals surface area (Å²) in [6, 6.07) is 5.08. The lowest BCUT2D eigenvalue weighted by Gasteiger charge is -2.15. The van der Waals surface area contributed by atoms with Crippen LogP contribution in [0.15, 0.2) is 34.5 Å². The minimum Gasteiger partial charge on any atom is -0.350 e. The van der Waals surface area contributed by atoms with Gasteiger partial charge < -0.3 is 5.32 Å². The van der Waals surface area contributed by atoms with Crippen molar-refractivity contribution in [3.05, 3.63) is 35.4 Å². The molecule has 1 aliphatic heterocycles. The quantitative estimate of drug-likeness (QED) is 0.902. The number of nitrogens with one attached hydrogen (secondary N) is 1. The van der Waals surface area contributed by atoms with Gasteiger partial charge in [0.05, 0.1) is 0 Å². The van der Waals surface area contributed by atoms with Crippen LogP contribution in [0.3, 0.4) is 0 Å². The van der Waals surface area contributed by atoms with Crippen LogP contribution in [0.5, 0.6) is 0 Å². The van der Waals surface area contributed by atoms with Crippen molar-refractivity contribution in [3.8, 4) is 0 Å². The summed E-state index contributed by atoms with van der Waals surface area (Å²) >= 11 is 0. The molecule has 1 amide bonds. The molecule has 0 atom stereocenters. The van der Waals surface area contributed by atoms with Gasteiger partial charge in [0.25, 0.3) is 5.91 Å². The Morgan fingerprint density at radius 2 is 1.74 bits per heavy atom. The SMILES string of the molecule is CC(C)NC(=O)c1ccc(C2(C(F)(F)F)N=N2)cc1. The highest BCUT2D eigenvalue weighted by atomic mass is 19.4.